The molecule has 2 N–H and O–H groups in total. The van der Waals surface area contributed by atoms with Gasteiger partial charge in [-0.25, -0.2) is 4.79 Å². The van der Waals surface area contributed by atoms with E-state index in [9.17, 15) is 9.59 Å². The number of amides is 3. The SMILES string of the molecule is O=C(Nc1cccc(Cl)c1Cl)C1CCN(C(=O)Nc2cccs2)CC1. The van der Waals surface area contributed by atoms with E-state index in [1.807, 2.05) is 17.5 Å². The number of carbonyl (C=O) groups excluding carboxylic acids is 2. The number of piperidine rings is 1. The van der Waals surface area contributed by atoms with Crippen LogP contribution in [0.5, 0.6) is 0 Å². The highest BCUT2D eigenvalue weighted by molar-refractivity contribution is 7.14. The van der Waals surface area contributed by atoms with Crippen LogP contribution in [0.25, 0.3) is 0 Å². The minimum Gasteiger partial charge on any atom is -0.324 e. The molecule has 0 radical (unpaired) electrons. The highest BCUT2D eigenvalue weighted by Crippen LogP contribution is 2.30. The molecule has 0 atom stereocenters. The summed E-state index contributed by atoms with van der Waals surface area (Å²) < 4.78 is 0. The maximum absolute atomic E-state index is 12.4. The molecule has 1 saturated heterocycles. The summed E-state index contributed by atoms with van der Waals surface area (Å²) in [5, 5.41) is 9.16. The normalized spacial score (nSPS) is 15.0. The van der Waals surface area contributed by atoms with Crippen LogP contribution in [0.1, 0.15) is 12.8 Å². The van der Waals surface area contributed by atoms with Crippen LogP contribution in [-0.4, -0.2) is 29.9 Å². The van der Waals surface area contributed by atoms with E-state index in [2.05, 4.69) is 10.6 Å². The molecule has 0 saturated carbocycles. The fraction of sp³-hybridized carbons (Fsp3) is 0.294. The van der Waals surface area contributed by atoms with Gasteiger partial charge >= 0.3 is 6.03 Å². The average Bonchev–Trinajstić information content (AvgIpc) is 3.12. The van der Waals surface area contributed by atoms with E-state index in [4.69, 9.17) is 23.2 Å². The van der Waals surface area contributed by atoms with E-state index in [1.54, 1.807) is 23.1 Å². The van der Waals surface area contributed by atoms with Gasteiger partial charge in [0.1, 0.15) is 0 Å². The number of hydrogen-bond donors (Lipinski definition) is 2. The molecule has 0 bridgehead atoms. The van der Waals surface area contributed by atoms with E-state index in [0.717, 1.165) is 5.00 Å². The second-order valence-electron chi connectivity index (χ2n) is 5.76. The number of carbonyl (C=O) groups is 2. The summed E-state index contributed by atoms with van der Waals surface area (Å²) in [6, 6.07) is 8.75. The van der Waals surface area contributed by atoms with Gasteiger partial charge in [0.2, 0.25) is 5.91 Å². The molecule has 3 amide bonds. The first-order valence-corrected chi connectivity index (χ1v) is 9.52. The van der Waals surface area contributed by atoms with Crippen molar-refractivity contribution < 1.29 is 9.59 Å². The quantitative estimate of drug-likeness (QED) is 0.770. The molecule has 1 aliphatic rings. The van der Waals surface area contributed by atoms with Gasteiger partial charge < -0.3 is 10.2 Å². The van der Waals surface area contributed by atoms with Crippen molar-refractivity contribution in [1.82, 2.24) is 4.90 Å². The van der Waals surface area contributed by atoms with Gasteiger partial charge in [0.25, 0.3) is 0 Å². The van der Waals surface area contributed by atoms with Crippen molar-refractivity contribution in [1.29, 1.82) is 0 Å². The van der Waals surface area contributed by atoms with Gasteiger partial charge in [0.15, 0.2) is 0 Å². The zero-order valence-corrected chi connectivity index (χ0v) is 15.6. The minimum absolute atomic E-state index is 0.0949. The van der Waals surface area contributed by atoms with E-state index < -0.39 is 0 Å². The molecule has 0 aliphatic carbocycles. The summed E-state index contributed by atoms with van der Waals surface area (Å²) in [4.78, 5) is 26.4. The fourth-order valence-corrected chi connectivity index (χ4v) is 3.67. The number of hydrogen-bond acceptors (Lipinski definition) is 3. The average molecular weight is 398 g/mol. The number of urea groups is 1. The maximum Gasteiger partial charge on any atom is 0.322 e. The Hall–Kier alpha value is -1.76. The molecule has 0 unspecified atom stereocenters. The van der Waals surface area contributed by atoms with Gasteiger partial charge in [-0.05, 0) is 42.5 Å². The van der Waals surface area contributed by atoms with E-state index >= 15 is 0 Å². The molecule has 1 aliphatic heterocycles. The molecule has 1 fully saturated rings. The molecule has 132 valence electrons. The Morgan fingerprint density at radius 1 is 1.08 bits per heavy atom. The smallest absolute Gasteiger partial charge is 0.322 e. The second-order valence-corrected chi connectivity index (χ2v) is 7.49. The number of nitrogens with zero attached hydrogens (tertiary/aromatic N) is 1. The van der Waals surface area contributed by atoms with Gasteiger partial charge in [0, 0.05) is 19.0 Å². The summed E-state index contributed by atoms with van der Waals surface area (Å²) in [7, 11) is 0. The second kappa shape index (κ2) is 8.08. The molecule has 8 heteroatoms. The highest BCUT2D eigenvalue weighted by Gasteiger charge is 2.28. The number of thiophene rings is 1. The Labute approximate surface area is 159 Å². The van der Waals surface area contributed by atoms with Crippen LogP contribution in [0, 0.1) is 5.92 Å². The van der Waals surface area contributed by atoms with Crippen LogP contribution in [0.3, 0.4) is 0 Å². The highest BCUT2D eigenvalue weighted by atomic mass is 35.5. The number of benzene rings is 1. The van der Waals surface area contributed by atoms with Crippen molar-refractivity contribution in [3.05, 3.63) is 45.8 Å². The molecule has 2 aromatic rings. The van der Waals surface area contributed by atoms with Crippen LogP contribution < -0.4 is 10.6 Å². The zero-order chi connectivity index (χ0) is 17.8. The third-order valence-electron chi connectivity index (χ3n) is 4.11. The Kier molecular flexibility index (Phi) is 5.83. The van der Waals surface area contributed by atoms with Crippen molar-refractivity contribution >= 4 is 57.2 Å². The molecular weight excluding hydrogens is 381 g/mol. The van der Waals surface area contributed by atoms with Gasteiger partial charge in [-0.3, -0.25) is 10.1 Å². The summed E-state index contributed by atoms with van der Waals surface area (Å²) in [5.41, 5.74) is 0.511. The van der Waals surface area contributed by atoms with Crippen LogP contribution >= 0.6 is 34.5 Å². The molecule has 3 rings (SSSR count). The molecule has 0 spiro atoms. The largest absolute Gasteiger partial charge is 0.324 e. The summed E-state index contributed by atoms with van der Waals surface area (Å²) >= 11 is 13.5. The first-order valence-electron chi connectivity index (χ1n) is 7.89. The molecule has 5 nitrogen and oxygen atoms in total. The molecule has 25 heavy (non-hydrogen) atoms. The summed E-state index contributed by atoms with van der Waals surface area (Å²) in [6.07, 6.45) is 1.23. The lowest BCUT2D eigenvalue weighted by Gasteiger charge is -2.31. The molecule has 1 aromatic heterocycles. The van der Waals surface area contributed by atoms with Gasteiger partial charge in [-0.15, -0.1) is 11.3 Å². The molecule has 1 aromatic carbocycles. The predicted octanol–water partition coefficient (Wildman–Crippen LogP) is 4.94. The molecular formula is C17H17Cl2N3O2S. The lowest BCUT2D eigenvalue weighted by atomic mass is 9.96. The topological polar surface area (TPSA) is 61.4 Å². The van der Waals surface area contributed by atoms with E-state index in [1.165, 1.54) is 11.3 Å². The van der Waals surface area contributed by atoms with Gasteiger partial charge in [-0.1, -0.05) is 29.3 Å². The first kappa shape index (κ1) is 18.0. The monoisotopic (exact) mass is 397 g/mol. The number of likely N-dealkylation sites (tertiary alicyclic amines) is 1. The lowest BCUT2D eigenvalue weighted by molar-refractivity contribution is -0.121. The lowest BCUT2D eigenvalue weighted by Crippen LogP contribution is -2.43. The zero-order valence-electron chi connectivity index (χ0n) is 13.3. The minimum atomic E-state index is -0.152. The Bertz CT molecular complexity index is 759. The maximum atomic E-state index is 12.4. The fourth-order valence-electron chi connectivity index (χ4n) is 2.71. The standard InChI is InChI=1S/C17H17Cl2N3O2S/c18-12-3-1-4-13(15(12)19)20-16(23)11-6-8-22(9-7-11)17(24)21-14-5-2-10-25-14/h1-5,10-11H,6-9H2,(H,20,23)(H,21,24). The number of anilines is 2. The van der Waals surface area contributed by atoms with Crippen molar-refractivity contribution in [2.45, 2.75) is 12.8 Å². The van der Waals surface area contributed by atoms with Crippen LogP contribution in [0.15, 0.2) is 35.7 Å². The Balaban J connectivity index is 1.52. The van der Waals surface area contributed by atoms with Crippen molar-refractivity contribution in [3.8, 4) is 0 Å². The third kappa shape index (κ3) is 4.45. The van der Waals surface area contributed by atoms with Gasteiger partial charge in [0.05, 0.1) is 20.7 Å². The van der Waals surface area contributed by atoms with Crippen LogP contribution in [0.4, 0.5) is 15.5 Å². The number of nitrogens with one attached hydrogen (secondary N) is 2. The molecule has 2 heterocycles. The number of rotatable bonds is 3. The summed E-state index contributed by atoms with van der Waals surface area (Å²) in [5.74, 6) is -0.247. The number of halogens is 2. The Morgan fingerprint density at radius 3 is 2.52 bits per heavy atom. The van der Waals surface area contributed by atoms with Gasteiger partial charge in [-0.2, -0.15) is 0 Å². The predicted molar refractivity (Wildman–Crippen MR) is 103 cm³/mol. The summed E-state index contributed by atoms with van der Waals surface area (Å²) in [6.45, 7) is 1.08. The van der Waals surface area contributed by atoms with Crippen LogP contribution in [-0.2, 0) is 4.79 Å². The Morgan fingerprint density at radius 2 is 1.84 bits per heavy atom. The van der Waals surface area contributed by atoms with Crippen molar-refractivity contribution in [3.63, 3.8) is 0 Å². The third-order valence-corrected chi connectivity index (χ3v) is 5.72. The van der Waals surface area contributed by atoms with Crippen molar-refractivity contribution in [2.24, 2.45) is 5.92 Å². The van der Waals surface area contributed by atoms with Crippen LogP contribution in [0.2, 0.25) is 10.0 Å². The first-order chi connectivity index (χ1) is 12.0. The van der Waals surface area contributed by atoms with E-state index in [-0.39, 0.29) is 17.9 Å². The van der Waals surface area contributed by atoms with E-state index in [0.29, 0.717) is 41.7 Å². The van der Waals surface area contributed by atoms with Crippen molar-refractivity contribution in [2.75, 3.05) is 23.7 Å².